The number of phenols is 1. The lowest BCUT2D eigenvalue weighted by Crippen LogP contribution is -2.10. The van der Waals surface area contributed by atoms with Crippen LogP contribution in [0.2, 0.25) is 0 Å². The summed E-state index contributed by atoms with van der Waals surface area (Å²) in [5.74, 6) is -0.560. The number of hydrogen-bond donors (Lipinski definition) is 2. The molecule has 4 nitrogen and oxygen atoms in total. The summed E-state index contributed by atoms with van der Waals surface area (Å²) in [5.41, 5.74) is -0.561. The molecule has 1 rings (SSSR count). The number of aromatic hydroxyl groups is 1. The van der Waals surface area contributed by atoms with E-state index in [4.69, 9.17) is 9.63 Å². The average Bonchev–Trinajstić information content (AvgIpc) is 2.16. The highest BCUT2D eigenvalue weighted by atomic mass is 31.1. The molecule has 2 N–H and O–H groups in total. The smallest absolute Gasteiger partial charge is 0.313 e. The van der Waals surface area contributed by atoms with Crippen LogP contribution in [0.25, 0.3) is 0 Å². The molecule has 0 amide bonds. The van der Waals surface area contributed by atoms with Gasteiger partial charge in [0.15, 0.2) is 11.5 Å². The molecule has 0 heterocycles. The number of rotatable bonds is 4. The molecule has 2 unspecified atom stereocenters. The highest BCUT2D eigenvalue weighted by Gasteiger charge is 2.12. The summed E-state index contributed by atoms with van der Waals surface area (Å²) < 4.78 is 5.16. The lowest BCUT2D eigenvalue weighted by molar-refractivity contribution is -0.136. The molecular formula is C9H11O4P. The van der Waals surface area contributed by atoms with Gasteiger partial charge in [-0.15, -0.1) is 0 Å². The maximum Gasteiger partial charge on any atom is 0.313 e. The zero-order valence-corrected chi connectivity index (χ0v) is 8.60. The lowest BCUT2D eigenvalue weighted by Gasteiger charge is -2.09. The van der Waals surface area contributed by atoms with Crippen molar-refractivity contribution < 1.29 is 19.5 Å². The van der Waals surface area contributed by atoms with Crippen LogP contribution < -0.4 is 4.52 Å². The summed E-state index contributed by atoms with van der Waals surface area (Å²) >= 11 is 0. The van der Waals surface area contributed by atoms with Crippen LogP contribution in [0.4, 0.5) is 0 Å². The molecule has 0 saturated carbocycles. The maximum absolute atomic E-state index is 10.5. The van der Waals surface area contributed by atoms with Crippen LogP contribution in [0, 0.1) is 0 Å². The minimum absolute atomic E-state index is 0.0255. The predicted molar refractivity (Wildman–Crippen MR) is 54.1 cm³/mol. The molecule has 0 spiro atoms. The van der Waals surface area contributed by atoms with Gasteiger partial charge in [0.25, 0.3) is 0 Å². The number of carboxylic acid groups (broad SMARTS) is 1. The topological polar surface area (TPSA) is 66.8 Å². The van der Waals surface area contributed by atoms with Crippen molar-refractivity contribution in [3.05, 3.63) is 24.3 Å². The van der Waals surface area contributed by atoms with E-state index in [1.54, 1.807) is 25.1 Å². The molecule has 76 valence electrons. The van der Waals surface area contributed by atoms with Crippen LogP contribution in [0.5, 0.6) is 11.5 Å². The van der Waals surface area contributed by atoms with Gasteiger partial charge in [-0.1, -0.05) is 12.1 Å². The van der Waals surface area contributed by atoms with E-state index in [1.165, 1.54) is 6.07 Å². The first-order valence-corrected chi connectivity index (χ1v) is 5.03. The normalized spacial score (nSPS) is 12.9. The summed E-state index contributed by atoms with van der Waals surface area (Å²) in [7, 11) is -0.199. The van der Waals surface area contributed by atoms with Gasteiger partial charge >= 0.3 is 5.97 Å². The van der Waals surface area contributed by atoms with E-state index < -0.39 is 11.6 Å². The molecular weight excluding hydrogens is 203 g/mol. The van der Waals surface area contributed by atoms with Crippen LogP contribution >= 0.6 is 8.81 Å². The van der Waals surface area contributed by atoms with Gasteiger partial charge in [0.05, 0.1) is 8.81 Å². The minimum atomic E-state index is -0.904. The summed E-state index contributed by atoms with van der Waals surface area (Å²) in [6.45, 7) is 1.56. The summed E-state index contributed by atoms with van der Waals surface area (Å²) in [5, 5.41) is 17.9. The lowest BCUT2D eigenvalue weighted by atomic mass is 10.3. The Morgan fingerprint density at radius 2 is 2.14 bits per heavy atom. The van der Waals surface area contributed by atoms with Crippen molar-refractivity contribution in [2.45, 2.75) is 12.6 Å². The standard InChI is InChI=1S/C9H11O4P/c1-6(9(11)12)14-13-8-5-3-2-4-7(8)10/h2-6,10,14H,1H3,(H,11,12). The van der Waals surface area contributed by atoms with Gasteiger partial charge in [-0.05, 0) is 19.1 Å². The number of phenolic OH excluding ortho intramolecular Hbond substituents is 1. The molecule has 0 aliphatic rings. The summed E-state index contributed by atoms with van der Waals surface area (Å²) in [6, 6.07) is 6.47. The second kappa shape index (κ2) is 4.82. The van der Waals surface area contributed by atoms with Crippen molar-refractivity contribution in [2.75, 3.05) is 0 Å². The van der Waals surface area contributed by atoms with Crippen LogP contribution in [0.1, 0.15) is 6.92 Å². The molecule has 1 aromatic rings. The molecule has 5 heteroatoms. The number of aliphatic carboxylic acids is 1. The first kappa shape index (κ1) is 10.8. The maximum atomic E-state index is 10.5. The molecule has 0 aliphatic heterocycles. The third-order valence-corrected chi connectivity index (χ3v) is 2.52. The average molecular weight is 214 g/mol. The van der Waals surface area contributed by atoms with Crippen molar-refractivity contribution in [2.24, 2.45) is 0 Å². The molecule has 14 heavy (non-hydrogen) atoms. The Labute approximate surface area is 83.4 Å². The summed E-state index contributed by atoms with van der Waals surface area (Å²) in [4.78, 5) is 10.5. The number of hydrogen-bond acceptors (Lipinski definition) is 3. The zero-order valence-electron chi connectivity index (χ0n) is 7.60. The van der Waals surface area contributed by atoms with Crippen LogP contribution in [0.3, 0.4) is 0 Å². The van der Waals surface area contributed by atoms with E-state index >= 15 is 0 Å². The van der Waals surface area contributed by atoms with E-state index in [0.29, 0.717) is 5.75 Å². The SMILES string of the molecule is CC(POc1ccccc1O)C(=O)O. The third kappa shape index (κ3) is 2.89. The fraction of sp³-hybridized carbons (Fsp3) is 0.222. The second-order valence-electron chi connectivity index (χ2n) is 2.75. The first-order valence-electron chi connectivity index (χ1n) is 4.04. The zero-order chi connectivity index (χ0) is 10.6. The molecule has 0 radical (unpaired) electrons. The fourth-order valence-corrected chi connectivity index (χ4v) is 1.32. The highest BCUT2D eigenvalue weighted by Crippen LogP contribution is 2.31. The minimum Gasteiger partial charge on any atom is -0.504 e. The molecule has 0 aromatic heterocycles. The Bertz CT molecular complexity index is 326. The third-order valence-electron chi connectivity index (χ3n) is 1.58. The van der Waals surface area contributed by atoms with Crippen molar-refractivity contribution >= 4 is 14.8 Å². The van der Waals surface area contributed by atoms with Gasteiger partial charge in [-0.25, -0.2) is 0 Å². The highest BCUT2D eigenvalue weighted by molar-refractivity contribution is 7.35. The van der Waals surface area contributed by atoms with Crippen LogP contribution in [-0.4, -0.2) is 21.8 Å². The van der Waals surface area contributed by atoms with Gasteiger partial charge in [0.2, 0.25) is 0 Å². The predicted octanol–water partition coefficient (Wildman–Crippen LogP) is 1.84. The van der Waals surface area contributed by atoms with E-state index in [0.717, 1.165) is 0 Å². The van der Waals surface area contributed by atoms with Crippen molar-refractivity contribution in [3.8, 4) is 11.5 Å². The number of carbonyl (C=O) groups is 1. The molecule has 0 aliphatic carbocycles. The van der Waals surface area contributed by atoms with E-state index in [-0.39, 0.29) is 14.6 Å². The van der Waals surface area contributed by atoms with Crippen molar-refractivity contribution in [3.63, 3.8) is 0 Å². The van der Waals surface area contributed by atoms with Gasteiger partial charge in [-0.3, -0.25) is 4.79 Å². The van der Waals surface area contributed by atoms with E-state index in [2.05, 4.69) is 0 Å². The van der Waals surface area contributed by atoms with Crippen LogP contribution in [0.15, 0.2) is 24.3 Å². The largest absolute Gasteiger partial charge is 0.504 e. The molecule has 0 saturated heterocycles. The molecule has 0 fully saturated rings. The van der Waals surface area contributed by atoms with E-state index in [9.17, 15) is 9.90 Å². The van der Waals surface area contributed by atoms with Crippen molar-refractivity contribution in [1.29, 1.82) is 0 Å². The molecule has 0 bridgehead atoms. The fourth-order valence-electron chi connectivity index (χ4n) is 0.746. The monoisotopic (exact) mass is 214 g/mol. The number of benzene rings is 1. The Morgan fingerprint density at radius 3 is 2.71 bits per heavy atom. The summed E-state index contributed by atoms with van der Waals surface area (Å²) in [6.07, 6.45) is 0. The van der Waals surface area contributed by atoms with E-state index in [1.807, 2.05) is 0 Å². The Hall–Kier alpha value is -1.28. The van der Waals surface area contributed by atoms with Gasteiger partial charge in [0, 0.05) is 0 Å². The molecule has 2 atom stereocenters. The van der Waals surface area contributed by atoms with Gasteiger partial charge < -0.3 is 14.7 Å². The number of carboxylic acids is 1. The van der Waals surface area contributed by atoms with Crippen molar-refractivity contribution in [1.82, 2.24) is 0 Å². The Kier molecular flexibility index (Phi) is 3.72. The first-order chi connectivity index (χ1) is 6.61. The second-order valence-corrected chi connectivity index (χ2v) is 4.05. The van der Waals surface area contributed by atoms with Crippen LogP contribution in [-0.2, 0) is 4.79 Å². The Morgan fingerprint density at radius 1 is 1.50 bits per heavy atom. The van der Waals surface area contributed by atoms with Gasteiger partial charge in [-0.2, -0.15) is 0 Å². The molecule has 1 aromatic carbocycles. The Balaban J connectivity index is 2.54. The number of para-hydroxylation sites is 2. The van der Waals surface area contributed by atoms with Gasteiger partial charge in [0.1, 0.15) is 5.66 Å². The quantitative estimate of drug-likeness (QED) is 0.750.